The monoisotopic (exact) mass is 370 g/mol. The molecular weight excluding hydrogens is 347 g/mol. The molecule has 142 valence electrons. The lowest BCUT2D eigenvalue weighted by Gasteiger charge is -2.23. The van der Waals surface area contributed by atoms with E-state index < -0.39 is 11.7 Å². The molecule has 0 spiro atoms. The Morgan fingerprint density at radius 2 is 1.96 bits per heavy atom. The molecule has 1 saturated heterocycles. The minimum absolute atomic E-state index is 0.104. The SMILES string of the molecule is CC(C)c1ccc(Oc2ccc(F)cc2C(=O)NC2CCNC(=O)C2)cc1. The summed E-state index contributed by atoms with van der Waals surface area (Å²) >= 11 is 0. The highest BCUT2D eigenvalue weighted by molar-refractivity contribution is 5.97. The molecule has 0 aliphatic carbocycles. The molecule has 1 unspecified atom stereocenters. The third-order valence-electron chi connectivity index (χ3n) is 4.54. The molecule has 0 radical (unpaired) electrons. The van der Waals surface area contributed by atoms with E-state index >= 15 is 0 Å². The van der Waals surface area contributed by atoms with E-state index in [9.17, 15) is 14.0 Å². The van der Waals surface area contributed by atoms with Crippen molar-refractivity contribution in [3.8, 4) is 11.5 Å². The highest BCUT2D eigenvalue weighted by Gasteiger charge is 2.23. The van der Waals surface area contributed by atoms with Crippen molar-refractivity contribution in [1.82, 2.24) is 10.6 Å². The topological polar surface area (TPSA) is 67.4 Å². The van der Waals surface area contributed by atoms with E-state index in [0.717, 1.165) is 6.07 Å². The maximum absolute atomic E-state index is 13.7. The van der Waals surface area contributed by atoms with Crippen LogP contribution in [0, 0.1) is 5.82 Å². The maximum atomic E-state index is 13.7. The number of piperidine rings is 1. The number of hydrogen-bond acceptors (Lipinski definition) is 3. The van der Waals surface area contributed by atoms with Crippen LogP contribution in [0.5, 0.6) is 11.5 Å². The van der Waals surface area contributed by atoms with Gasteiger partial charge < -0.3 is 15.4 Å². The van der Waals surface area contributed by atoms with Gasteiger partial charge in [0.25, 0.3) is 5.91 Å². The first-order chi connectivity index (χ1) is 12.9. The van der Waals surface area contributed by atoms with Gasteiger partial charge in [0.15, 0.2) is 0 Å². The minimum atomic E-state index is -0.524. The normalized spacial score (nSPS) is 16.7. The van der Waals surface area contributed by atoms with Crippen molar-refractivity contribution >= 4 is 11.8 Å². The second-order valence-corrected chi connectivity index (χ2v) is 6.98. The lowest BCUT2D eigenvalue weighted by molar-refractivity contribution is -0.122. The van der Waals surface area contributed by atoms with Gasteiger partial charge in [-0.05, 0) is 48.2 Å². The van der Waals surface area contributed by atoms with Crippen LogP contribution in [0.15, 0.2) is 42.5 Å². The molecule has 6 heteroatoms. The van der Waals surface area contributed by atoms with E-state index in [1.807, 2.05) is 24.3 Å². The van der Waals surface area contributed by atoms with Gasteiger partial charge in [0.2, 0.25) is 5.91 Å². The Balaban J connectivity index is 1.78. The van der Waals surface area contributed by atoms with Crippen LogP contribution in [0.25, 0.3) is 0 Å². The molecule has 27 heavy (non-hydrogen) atoms. The van der Waals surface area contributed by atoms with Gasteiger partial charge >= 0.3 is 0 Å². The van der Waals surface area contributed by atoms with E-state index in [1.54, 1.807) is 0 Å². The largest absolute Gasteiger partial charge is 0.457 e. The molecule has 1 heterocycles. The number of ether oxygens (including phenoxy) is 1. The molecule has 0 bridgehead atoms. The Morgan fingerprint density at radius 3 is 2.63 bits per heavy atom. The van der Waals surface area contributed by atoms with Crippen LogP contribution >= 0.6 is 0 Å². The number of amides is 2. The smallest absolute Gasteiger partial charge is 0.255 e. The Kier molecular flexibility index (Phi) is 5.74. The van der Waals surface area contributed by atoms with Crippen LogP contribution in [0.3, 0.4) is 0 Å². The Labute approximate surface area is 157 Å². The molecule has 1 fully saturated rings. The Morgan fingerprint density at radius 1 is 1.22 bits per heavy atom. The van der Waals surface area contributed by atoms with E-state index in [2.05, 4.69) is 24.5 Å². The molecule has 1 aliphatic heterocycles. The molecular formula is C21H23FN2O3. The fourth-order valence-electron chi connectivity index (χ4n) is 2.99. The first-order valence-electron chi connectivity index (χ1n) is 9.07. The van der Waals surface area contributed by atoms with Gasteiger partial charge in [-0.2, -0.15) is 0 Å². The number of carbonyl (C=O) groups is 2. The molecule has 1 aliphatic rings. The summed E-state index contributed by atoms with van der Waals surface area (Å²) in [4.78, 5) is 24.1. The highest BCUT2D eigenvalue weighted by Crippen LogP contribution is 2.28. The van der Waals surface area contributed by atoms with Crippen LogP contribution in [-0.2, 0) is 4.79 Å². The summed E-state index contributed by atoms with van der Waals surface area (Å²) in [6, 6.07) is 11.1. The first kappa shape index (κ1) is 18.9. The zero-order chi connectivity index (χ0) is 19.4. The lowest BCUT2D eigenvalue weighted by Crippen LogP contribution is -2.45. The van der Waals surface area contributed by atoms with Crippen LogP contribution in [0.2, 0.25) is 0 Å². The molecule has 2 aromatic carbocycles. The predicted octanol–water partition coefficient (Wildman–Crippen LogP) is 3.75. The third kappa shape index (κ3) is 4.84. The summed E-state index contributed by atoms with van der Waals surface area (Å²) in [5, 5.41) is 5.51. The standard InChI is InChI=1S/C21H23FN2O3/c1-13(2)14-3-6-17(7-4-14)27-19-8-5-15(22)11-18(19)21(26)24-16-9-10-23-20(25)12-16/h3-8,11,13,16H,9-10,12H2,1-2H3,(H,23,25)(H,24,26). The van der Waals surface area contributed by atoms with Gasteiger partial charge in [-0.1, -0.05) is 26.0 Å². The van der Waals surface area contributed by atoms with Gasteiger partial charge in [0, 0.05) is 19.0 Å². The number of halogens is 1. The second-order valence-electron chi connectivity index (χ2n) is 6.98. The fraction of sp³-hybridized carbons (Fsp3) is 0.333. The van der Waals surface area contributed by atoms with E-state index in [-0.39, 0.29) is 29.7 Å². The number of nitrogens with one attached hydrogen (secondary N) is 2. The molecule has 2 amide bonds. The van der Waals surface area contributed by atoms with Crippen molar-refractivity contribution in [1.29, 1.82) is 0 Å². The zero-order valence-electron chi connectivity index (χ0n) is 15.4. The molecule has 0 aromatic heterocycles. The Bertz CT molecular complexity index is 834. The molecule has 1 atom stereocenters. The van der Waals surface area contributed by atoms with Crippen molar-refractivity contribution in [3.05, 3.63) is 59.4 Å². The average Bonchev–Trinajstić information content (AvgIpc) is 2.63. The predicted molar refractivity (Wildman–Crippen MR) is 101 cm³/mol. The number of carbonyl (C=O) groups excluding carboxylic acids is 2. The zero-order valence-corrected chi connectivity index (χ0v) is 15.4. The number of benzene rings is 2. The Hall–Kier alpha value is -2.89. The molecule has 3 rings (SSSR count). The van der Waals surface area contributed by atoms with E-state index in [0.29, 0.717) is 24.6 Å². The molecule has 2 aromatic rings. The van der Waals surface area contributed by atoms with Crippen molar-refractivity contribution in [2.45, 2.75) is 38.6 Å². The summed E-state index contributed by atoms with van der Waals surface area (Å²) < 4.78 is 19.6. The fourth-order valence-corrected chi connectivity index (χ4v) is 2.99. The van der Waals surface area contributed by atoms with Crippen LogP contribution in [0.1, 0.15) is 48.5 Å². The van der Waals surface area contributed by atoms with Crippen LogP contribution in [-0.4, -0.2) is 24.4 Å². The maximum Gasteiger partial charge on any atom is 0.255 e. The van der Waals surface area contributed by atoms with Crippen LogP contribution in [0.4, 0.5) is 4.39 Å². The second kappa shape index (κ2) is 8.20. The van der Waals surface area contributed by atoms with Gasteiger partial charge in [-0.15, -0.1) is 0 Å². The van der Waals surface area contributed by atoms with Crippen molar-refractivity contribution < 1.29 is 18.7 Å². The highest BCUT2D eigenvalue weighted by atomic mass is 19.1. The summed E-state index contributed by atoms with van der Waals surface area (Å²) in [5.41, 5.74) is 1.28. The lowest BCUT2D eigenvalue weighted by atomic mass is 10.0. The van der Waals surface area contributed by atoms with Crippen molar-refractivity contribution in [3.63, 3.8) is 0 Å². The minimum Gasteiger partial charge on any atom is -0.457 e. The van der Waals surface area contributed by atoms with Crippen molar-refractivity contribution in [2.75, 3.05) is 6.54 Å². The molecule has 5 nitrogen and oxygen atoms in total. The third-order valence-corrected chi connectivity index (χ3v) is 4.54. The van der Waals surface area contributed by atoms with Crippen LogP contribution < -0.4 is 15.4 Å². The van der Waals surface area contributed by atoms with Gasteiger partial charge in [-0.3, -0.25) is 9.59 Å². The quantitative estimate of drug-likeness (QED) is 0.842. The van der Waals surface area contributed by atoms with E-state index in [1.165, 1.54) is 17.7 Å². The summed E-state index contributed by atoms with van der Waals surface area (Å²) in [6.07, 6.45) is 0.855. The summed E-state index contributed by atoms with van der Waals surface area (Å²) in [7, 11) is 0. The number of hydrogen-bond donors (Lipinski definition) is 2. The molecule has 2 N–H and O–H groups in total. The van der Waals surface area contributed by atoms with Gasteiger partial charge in [0.1, 0.15) is 17.3 Å². The van der Waals surface area contributed by atoms with E-state index in [4.69, 9.17) is 4.74 Å². The van der Waals surface area contributed by atoms with Gasteiger partial charge in [0.05, 0.1) is 5.56 Å². The average molecular weight is 370 g/mol. The number of rotatable bonds is 5. The summed E-state index contributed by atoms with van der Waals surface area (Å²) in [5.74, 6) is 0.155. The summed E-state index contributed by atoms with van der Waals surface area (Å²) in [6.45, 7) is 4.71. The van der Waals surface area contributed by atoms with Crippen molar-refractivity contribution in [2.24, 2.45) is 0 Å². The first-order valence-corrected chi connectivity index (χ1v) is 9.07. The van der Waals surface area contributed by atoms with Gasteiger partial charge in [-0.25, -0.2) is 4.39 Å². The molecule has 0 saturated carbocycles.